The number of carbonyl (C=O) groups is 2. The third-order valence-electron chi connectivity index (χ3n) is 2.00. The van der Waals surface area contributed by atoms with Crippen molar-refractivity contribution in [3.8, 4) is 0 Å². The highest BCUT2D eigenvalue weighted by atomic mass is 16.6. The number of rotatable bonds is 5. The highest BCUT2D eigenvalue weighted by Crippen LogP contribution is 2.13. The third kappa shape index (κ3) is 4.44. The predicted molar refractivity (Wildman–Crippen MR) is 52.5 cm³/mol. The lowest BCUT2D eigenvalue weighted by molar-refractivity contribution is -0.136. The maximum atomic E-state index is 10.6. The van der Waals surface area contributed by atoms with Gasteiger partial charge in [0.15, 0.2) is 0 Å². The van der Waals surface area contributed by atoms with Gasteiger partial charge >= 0.3 is 5.97 Å². The first-order valence-corrected chi connectivity index (χ1v) is 4.75. The van der Waals surface area contributed by atoms with Gasteiger partial charge in [-0.15, -0.1) is 0 Å². The minimum atomic E-state index is -0.844. The van der Waals surface area contributed by atoms with Crippen molar-refractivity contribution in [1.29, 1.82) is 0 Å². The molecule has 0 radical (unpaired) electrons. The Morgan fingerprint density at radius 1 is 1.67 bits per heavy atom. The summed E-state index contributed by atoms with van der Waals surface area (Å²) >= 11 is 0. The van der Waals surface area contributed by atoms with Gasteiger partial charge in [0.25, 0.3) is 0 Å². The zero-order valence-corrected chi connectivity index (χ0v) is 8.52. The summed E-state index contributed by atoms with van der Waals surface area (Å²) in [6, 6.07) is 0. The van der Waals surface area contributed by atoms with E-state index in [1.807, 2.05) is 0 Å². The second-order valence-corrected chi connectivity index (χ2v) is 3.42. The van der Waals surface area contributed by atoms with Crippen LogP contribution in [0.1, 0.15) is 26.2 Å². The molecule has 0 aromatic heterocycles. The van der Waals surface area contributed by atoms with Gasteiger partial charge < -0.3 is 15.3 Å². The zero-order valence-electron chi connectivity index (χ0n) is 8.52. The van der Waals surface area contributed by atoms with Crippen LogP contribution in [0.2, 0.25) is 0 Å². The van der Waals surface area contributed by atoms with Crippen molar-refractivity contribution in [3.63, 3.8) is 0 Å². The van der Waals surface area contributed by atoms with Crippen LogP contribution in [0.25, 0.3) is 0 Å². The number of amides is 1. The van der Waals surface area contributed by atoms with E-state index >= 15 is 0 Å². The Bertz CT molecular complexity index is 288. The summed E-state index contributed by atoms with van der Waals surface area (Å²) in [4.78, 5) is 25.9. The quantitative estimate of drug-likeness (QED) is 0.681. The van der Waals surface area contributed by atoms with Crippen molar-refractivity contribution in [2.75, 3.05) is 6.54 Å². The van der Waals surface area contributed by atoms with Crippen LogP contribution in [-0.4, -0.2) is 35.3 Å². The molecule has 6 nitrogen and oxygen atoms in total. The number of carbonyl (C=O) groups excluding carboxylic acids is 1. The molecule has 0 saturated heterocycles. The highest BCUT2D eigenvalue weighted by Gasteiger charge is 2.21. The summed E-state index contributed by atoms with van der Waals surface area (Å²) < 4.78 is 0. The molecular formula is C9H14N2O4. The van der Waals surface area contributed by atoms with E-state index in [9.17, 15) is 9.59 Å². The molecule has 0 aromatic carbocycles. The van der Waals surface area contributed by atoms with E-state index in [1.54, 1.807) is 0 Å². The van der Waals surface area contributed by atoms with Gasteiger partial charge in [0.05, 0.1) is 18.7 Å². The van der Waals surface area contributed by atoms with Crippen LogP contribution in [0.3, 0.4) is 0 Å². The van der Waals surface area contributed by atoms with Gasteiger partial charge in [-0.1, -0.05) is 5.16 Å². The normalized spacial score (nSPS) is 19.3. The van der Waals surface area contributed by atoms with E-state index in [1.165, 1.54) is 6.92 Å². The number of nitrogens with zero attached hydrogens (tertiary/aromatic N) is 1. The standard InChI is InChI=1S/C9H14N2O4/c1-6(12)10-5-8-4-7(11-15-8)2-3-9(13)14/h8H,2-5H2,1H3,(H,10,12)(H,13,14). The van der Waals surface area contributed by atoms with Crippen molar-refractivity contribution in [1.82, 2.24) is 5.32 Å². The number of oxime groups is 1. The van der Waals surface area contributed by atoms with Crippen LogP contribution in [0.4, 0.5) is 0 Å². The van der Waals surface area contributed by atoms with Gasteiger partial charge in [-0.25, -0.2) is 0 Å². The Hall–Kier alpha value is -1.59. The molecule has 84 valence electrons. The van der Waals surface area contributed by atoms with Crippen molar-refractivity contribution in [2.45, 2.75) is 32.3 Å². The number of nitrogens with one attached hydrogen (secondary N) is 1. The molecule has 0 fully saturated rings. The molecule has 0 spiro atoms. The SMILES string of the molecule is CC(=O)NCC1CC(CCC(=O)O)=NO1. The van der Waals surface area contributed by atoms with Crippen molar-refractivity contribution < 1.29 is 19.5 Å². The van der Waals surface area contributed by atoms with Gasteiger partial charge in [-0.3, -0.25) is 9.59 Å². The molecule has 6 heteroatoms. The van der Waals surface area contributed by atoms with E-state index in [-0.39, 0.29) is 18.4 Å². The van der Waals surface area contributed by atoms with Gasteiger partial charge in [0.1, 0.15) is 6.10 Å². The zero-order chi connectivity index (χ0) is 11.3. The number of aliphatic carboxylic acids is 1. The Kier molecular flexibility index (Phi) is 4.08. The van der Waals surface area contributed by atoms with E-state index in [4.69, 9.17) is 9.94 Å². The molecule has 0 aliphatic carbocycles. The average molecular weight is 214 g/mol. The summed E-state index contributed by atoms with van der Waals surface area (Å²) in [5.74, 6) is -0.958. The van der Waals surface area contributed by atoms with Gasteiger partial charge in [0, 0.05) is 13.3 Å². The highest BCUT2D eigenvalue weighted by molar-refractivity contribution is 5.88. The number of hydrogen-bond acceptors (Lipinski definition) is 4. The van der Waals surface area contributed by atoms with Crippen LogP contribution in [0.15, 0.2) is 5.16 Å². The van der Waals surface area contributed by atoms with Crippen LogP contribution >= 0.6 is 0 Å². The smallest absolute Gasteiger partial charge is 0.303 e. The molecule has 0 saturated carbocycles. The fourth-order valence-corrected chi connectivity index (χ4v) is 1.25. The van der Waals surface area contributed by atoms with E-state index < -0.39 is 5.97 Å². The molecule has 1 unspecified atom stereocenters. The van der Waals surface area contributed by atoms with Gasteiger partial charge in [-0.05, 0) is 6.42 Å². The molecule has 1 amide bonds. The van der Waals surface area contributed by atoms with E-state index in [2.05, 4.69) is 10.5 Å². The van der Waals surface area contributed by atoms with Gasteiger partial charge in [0.2, 0.25) is 5.91 Å². The number of hydrogen-bond donors (Lipinski definition) is 2. The van der Waals surface area contributed by atoms with Crippen LogP contribution in [0, 0.1) is 0 Å². The van der Waals surface area contributed by atoms with E-state index in [0.29, 0.717) is 19.4 Å². The third-order valence-corrected chi connectivity index (χ3v) is 2.00. The molecular weight excluding hydrogens is 200 g/mol. The monoisotopic (exact) mass is 214 g/mol. The summed E-state index contributed by atoms with van der Waals surface area (Å²) in [6.07, 6.45) is 0.909. The first-order valence-electron chi connectivity index (χ1n) is 4.75. The van der Waals surface area contributed by atoms with Gasteiger partial charge in [-0.2, -0.15) is 0 Å². The first-order chi connectivity index (χ1) is 7.08. The fraction of sp³-hybridized carbons (Fsp3) is 0.667. The van der Waals surface area contributed by atoms with Crippen LogP contribution < -0.4 is 5.32 Å². The predicted octanol–water partition coefficient (Wildman–Crippen LogP) is 0.132. The lowest BCUT2D eigenvalue weighted by atomic mass is 10.1. The molecule has 2 N–H and O–H groups in total. The Labute approximate surface area is 87.3 Å². The lowest BCUT2D eigenvalue weighted by Crippen LogP contribution is -2.30. The minimum Gasteiger partial charge on any atom is -0.481 e. The van der Waals surface area contributed by atoms with E-state index in [0.717, 1.165) is 5.71 Å². The molecule has 1 aliphatic heterocycles. The second kappa shape index (κ2) is 5.33. The Morgan fingerprint density at radius 3 is 3.00 bits per heavy atom. The molecule has 1 atom stereocenters. The topological polar surface area (TPSA) is 88.0 Å². The molecule has 1 heterocycles. The maximum Gasteiger partial charge on any atom is 0.303 e. The van der Waals surface area contributed by atoms with Crippen molar-refractivity contribution >= 4 is 17.6 Å². The fourth-order valence-electron chi connectivity index (χ4n) is 1.25. The minimum absolute atomic E-state index is 0.0645. The molecule has 0 bridgehead atoms. The largest absolute Gasteiger partial charge is 0.481 e. The Balaban J connectivity index is 2.19. The second-order valence-electron chi connectivity index (χ2n) is 3.42. The first kappa shape index (κ1) is 11.5. The maximum absolute atomic E-state index is 10.6. The average Bonchev–Trinajstić information content (AvgIpc) is 2.59. The van der Waals surface area contributed by atoms with Crippen LogP contribution in [0.5, 0.6) is 0 Å². The number of carboxylic acid groups (broad SMARTS) is 1. The summed E-state index contributed by atoms with van der Waals surface area (Å²) in [7, 11) is 0. The molecule has 0 aromatic rings. The molecule has 1 aliphatic rings. The Morgan fingerprint density at radius 2 is 2.40 bits per heavy atom. The van der Waals surface area contributed by atoms with Crippen LogP contribution in [-0.2, 0) is 14.4 Å². The summed E-state index contributed by atoms with van der Waals surface area (Å²) in [5.41, 5.74) is 0.743. The van der Waals surface area contributed by atoms with Crippen molar-refractivity contribution in [2.24, 2.45) is 5.16 Å². The molecule has 15 heavy (non-hydrogen) atoms. The lowest BCUT2D eigenvalue weighted by Gasteiger charge is -2.07. The number of carboxylic acids is 1. The van der Waals surface area contributed by atoms with Crippen molar-refractivity contribution in [3.05, 3.63) is 0 Å². The summed E-state index contributed by atoms with van der Waals surface area (Å²) in [5, 5.41) is 14.9. The molecule has 1 rings (SSSR count). The summed E-state index contributed by atoms with van der Waals surface area (Å²) in [6.45, 7) is 1.84.